The van der Waals surface area contributed by atoms with Crippen LogP contribution in [0.15, 0.2) is 24.3 Å². The Hall–Kier alpha value is -2.09. The number of carbonyl (C=O) groups excluding carboxylic acids is 2. The Bertz CT molecular complexity index is 968. The van der Waals surface area contributed by atoms with Crippen LogP contribution in [0, 0.1) is 5.92 Å². The van der Waals surface area contributed by atoms with Gasteiger partial charge < -0.3 is 10.1 Å². The fourth-order valence-electron chi connectivity index (χ4n) is 4.65. The van der Waals surface area contributed by atoms with Crippen LogP contribution in [0.4, 0.5) is 9.80 Å². The number of thiophene rings is 1. The summed E-state index contributed by atoms with van der Waals surface area (Å²) in [5, 5.41) is 7.34. The lowest BCUT2D eigenvalue weighted by molar-refractivity contribution is 0.0526. The molecule has 6 nitrogen and oxygen atoms in total. The maximum absolute atomic E-state index is 12.6. The Morgan fingerprint density at radius 1 is 1.15 bits per heavy atom. The number of halogens is 1. The first-order valence-corrected chi connectivity index (χ1v) is 13.1. The molecule has 4 rings (SSSR count). The highest BCUT2D eigenvalue weighted by molar-refractivity contribution is 7.17. The summed E-state index contributed by atoms with van der Waals surface area (Å²) >= 11 is 7.49. The number of urea groups is 1. The number of likely N-dealkylation sites (tertiary alicyclic amines) is 1. The van der Waals surface area contributed by atoms with Crippen LogP contribution in [0.3, 0.4) is 0 Å². The molecule has 0 spiro atoms. The zero-order valence-corrected chi connectivity index (χ0v) is 20.7. The fourth-order valence-corrected chi connectivity index (χ4v) is 6.05. The van der Waals surface area contributed by atoms with Crippen molar-refractivity contribution in [2.75, 3.05) is 31.6 Å². The van der Waals surface area contributed by atoms with E-state index in [1.165, 1.54) is 21.8 Å². The molecule has 0 radical (unpaired) electrons. The van der Waals surface area contributed by atoms with Crippen LogP contribution in [0.2, 0.25) is 5.02 Å². The number of ether oxygens (including phenoxy) is 1. The highest BCUT2D eigenvalue weighted by Crippen LogP contribution is 2.38. The van der Waals surface area contributed by atoms with Gasteiger partial charge in [-0.2, -0.15) is 0 Å². The van der Waals surface area contributed by atoms with Gasteiger partial charge in [0.05, 0.1) is 12.2 Å². The van der Waals surface area contributed by atoms with Crippen molar-refractivity contribution in [3.63, 3.8) is 0 Å². The zero-order chi connectivity index (χ0) is 23.2. The van der Waals surface area contributed by atoms with Crippen LogP contribution in [0.5, 0.6) is 0 Å². The molecule has 0 saturated carbocycles. The molecule has 1 saturated heterocycles. The molecule has 2 amide bonds. The molecule has 2 heterocycles. The third-order valence-electron chi connectivity index (χ3n) is 6.46. The molecule has 1 aromatic heterocycles. The normalized spacial score (nSPS) is 16.8. The molecule has 2 N–H and O–H groups in total. The Labute approximate surface area is 204 Å². The third kappa shape index (κ3) is 6.28. The quantitative estimate of drug-likeness (QED) is 0.504. The van der Waals surface area contributed by atoms with Crippen molar-refractivity contribution >= 4 is 39.9 Å². The van der Waals surface area contributed by atoms with E-state index < -0.39 is 0 Å². The van der Waals surface area contributed by atoms with Crippen LogP contribution in [0.1, 0.15) is 59.0 Å². The second kappa shape index (κ2) is 11.4. The topological polar surface area (TPSA) is 70.7 Å². The van der Waals surface area contributed by atoms with Crippen molar-refractivity contribution < 1.29 is 14.3 Å². The molecule has 1 aliphatic heterocycles. The van der Waals surface area contributed by atoms with Crippen LogP contribution in [-0.4, -0.2) is 43.1 Å². The molecular formula is C25H32ClN3O3S. The number of hydrogen-bond acceptors (Lipinski definition) is 5. The molecule has 33 heavy (non-hydrogen) atoms. The van der Waals surface area contributed by atoms with Gasteiger partial charge in [-0.3, -0.25) is 10.2 Å². The number of anilines is 1. The number of aryl methyl sites for hydroxylation is 1. The highest BCUT2D eigenvalue weighted by Gasteiger charge is 2.27. The third-order valence-corrected chi connectivity index (χ3v) is 7.92. The van der Waals surface area contributed by atoms with Gasteiger partial charge in [0.25, 0.3) is 0 Å². The minimum absolute atomic E-state index is 0.247. The average molecular weight is 490 g/mol. The van der Waals surface area contributed by atoms with E-state index in [0.29, 0.717) is 29.6 Å². The van der Waals surface area contributed by atoms with Crippen molar-refractivity contribution in [2.45, 2.75) is 52.0 Å². The minimum Gasteiger partial charge on any atom is -0.462 e. The number of fused-ring (bicyclic) bond motifs is 1. The van der Waals surface area contributed by atoms with E-state index in [-0.39, 0.29) is 12.0 Å². The van der Waals surface area contributed by atoms with Crippen LogP contribution in [-0.2, 0) is 24.1 Å². The van der Waals surface area contributed by atoms with Crippen molar-refractivity contribution in [2.24, 2.45) is 5.92 Å². The van der Waals surface area contributed by atoms with Crippen molar-refractivity contribution in [3.05, 3.63) is 50.9 Å². The van der Waals surface area contributed by atoms with Gasteiger partial charge in [-0.05, 0) is 87.7 Å². The van der Waals surface area contributed by atoms with Gasteiger partial charge in [-0.1, -0.05) is 23.7 Å². The molecular weight excluding hydrogens is 458 g/mol. The lowest BCUT2D eigenvalue weighted by atomic mass is 9.95. The lowest BCUT2D eigenvalue weighted by Gasteiger charge is -2.32. The monoisotopic (exact) mass is 489 g/mol. The maximum Gasteiger partial charge on any atom is 0.341 e. The molecule has 1 fully saturated rings. The van der Waals surface area contributed by atoms with E-state index >= 15 is 0 Å². The lowest BCUT2D eigenvalue weighted by Crippen LogP contribution is -2.39. The summed E-state index contributed by atoms with van der Waals surface area (Å²) in [5.41, 5.74) is 2.89. The van der Waals surface area contributed by atoms with Gasteiger partial charge >= 0.3 is 12.0 Å². The number of nitrogens with one attached hydrogen (secondary N) is 2. The van der Waals surface area contributed by atoms with Gasteiger partial charge in [0.1, 0.15) is 5.00 Å². The largest absolute Gasteiger partial charge is 0.462 e. The summed E-state index contributed by atoms with van der Waals surface area (Å²) in [4.78, 5) is 28.9. The van der Waals surface area contributed by atoms with Gasteiger partial charge in [-0.15, -0.1) is 11.3 Å². The average Bonchev–Trinajstić information content (AvgIpc) is 3.18. The molecule has 178 valence electrons. The molecule has 1 aromatic carbocycles. The summed E-state index contributed by atoms with van der Waals surface area (Å²) in [7, 11) is 0. The number of nitrogens with zero attached hydrogens (tertiary/aromatic N) is 1. The second-order valence-electron chi connectivity index (χ2n) is 8.82. The van der Waals surface area contributed by atoms with E-state index in [0.717, 1.165) is 68.7 Å². The van der Waals surface area contributed by atoms with Gasteiger partial charge in [0.2, 0.25) is 0 Å². The van der Waals surface area contributed by atoms with Crippen molar-refractivity contribution in [3.8, 4) is 0 Å². The molecule has 2 aliphatic rings. The Balaban J connectivity index is 1.27. The molecule has 8 heteroatoms. The summed E-state index contributed by atoms with van der Waals surface area (Å²) in [6, 6.07) is 7.77. The number of carbonyl (C=O) groups is 2. The predicted molar refractivity (Wildman–Crippen MR) is 133 cm³/mol. The molecule has 0 bridgehead atoms. The Morgan fingerprint density at radius 2 is 1.88 bits per heavy atom. The Kier molecular flexibility index (Phi) is 8.28. The number of benzene rings is 1. The summed E-state index contributed by atoms with van der Waals surface area (Å²) in [5.74, 6) is 0.124. The SMILES string of the molecule is CCOC(=O)c1c(NC(=O)NCC2CCN(Cc3ccc(Cl)cc3)CC2)sc2c1CCCC2. The summed E-state index contributed by atoms with van der Waals surface area (Å²) in [6.45, 7) is 5.73. The summed E-state index contributed by atoms with van der Waals surface area (Å²) < 4.78 is 5.27. The number of amides is 2. The van der Waals surface area contributed by atoms with Crippen LogP contribution >= 0.6 is 22.9 Å². The van der Waals surface area contributed by atoms with Crippen LogP contribution < -0.4 is 10.6 Å². The van der Waals surface area contributed by atoms with Crippen molar-refractivity contribution in [1.82, 2.24) is 10.2 Å². The number of rotatable bonds is 7. The number of hydrogen-bond donors (Lipinski definition) is 2. The standard InChI is InChI=1S/C25H32ClN3O3S/c1-2-32-24(30)22-20-5-3-4-6-21(20)33-23(22)28-25(31)27-15-17-11-13-29(14-12-17)16-18-7-9-19(26)10-8-18/h7-10,17H,2-6,11-16H2,1H3,(H2,27,28,31). The zero-order valence-electron chi connectivity index (χ0n) is 19.1. The van der Waals surface area contributed by atoms with Gasteiger partial charge in [-0.25, -0.2) is 9.59 Å². The van der Waals surface area contributed by atoms with Gasteiger partial charge in [0, 0.05) is 23.0 Å². The number of piperidine rings is 1. The molecule has 0 atom stereocenters. The first-order chi connectivity index (χ1) is 16.0. The fraction of sp³-hybridized carbons (Fsp3) is 0.520. The van der Waals surface area contributed by atoms with E-state index in [4.69, 9.17) is 16.3 Å². The predicted octanol–water partition coefficient (Wildman–Crippen LogP) is 5.49. The maximum atomic E-state index is 12.6. The van der Waals surface area contributed by atoms with E-state index in [1.807, 2.05) is 12.1 Å². The van der Waals surface area contributed by atoms with E-state index in [9.17, 15) is 9.59 Å². The first kappa shape index (κ1) is 24.0. The molecule has 1 aliphatic carbocycles. The molecule has 0 unspecified atom stereocenters. The minimum atomic E-state index is -0.333. The smallest absolute Gasteiger partial charge is 0.341 e. The first-order valence-electron chi connectivity index (χ1n) is 11.9. The van der Waals surface area contributed by atoms with Gasteiger partial charge in [0.15, 0.2) is 0 Å². The van der Waals surface area contributed by atoms with Crippen LogP contribution in [0.25, 0.3) is 0 Å². The van der Waals surface area contributed by atoms with E-state index in [2.05, 4.69) is 27.7 Å². The van der Waals surface area contributed by atoms with Crippen molar-refractivity contribution in [1.29, 1.82) is 0 Å². The Morgan fingerprint density at radius 3 is 2.61 bits per heavy atom. The second-order valence-corrected chi connectivity index (χ2v) is 10.4. The van der Waals surface area contributed by atoms with E-state index in [1.54, 1.807) is 6.92 Å². The highest BCUT2D eigenvalue weighted by atomic mass is 35.5. The summed E-state index contributed by atoms with van der Waals surface area (Å²) in [6.07, 6.45) is 6.13. The molecule has 2 aromatic rings. The number of esters is 1.